The standard InChI is InChI=1S/C40H43Cl2N5O5/c1-51-36-18-35(32(41)17-25(36)22-47-16-15-24(21-47)40(49)50)45-33-13-11-28-27(5-3-6-29(28)33)30-7-4-8-31(38(30)42)34-12-9-23(39(46-34)52-2)19-43-20-26-10-14-37(48)44-26/h3-9,12,17-18,24,26,33,43,45H,10-11,13-16,19-22H2,1-2H3,(H,44,48)(H,49,50)/t24-,26-,33-/m0/s1. The Bertz CT molecular complexity index is 1990. The van der Waals surface area contributed by atoms with Crippen molar-refractivity contribution in [2.75, 3.05) is 39.2 Å². The number of carboxylic acid groups (broad SMARTS) is 1. The SMILES string of the molecule is COc1cc(N[C@H]2CCc3c(-c4cccc(-c5ccc(CNC[C@@H]6CCC(=O)N6)c(OC)n5)c4Cl)cccc32)c(Cl)cc1CN1CC[C@H](C(=O)O)C1. The summed E-state index contributed by atoms with van der Waals surface area (Å²) in [6, 6.07) is 20.4. The molecule has 272 valence electrons. The fourth-order valence-electron chi connectivity index (χ4n) is 7.76. The van der Waals surface area contributed by atoms with Crippen molar-refractivity contribution in [3.05, 3.63) is 93.0 Å². The van der Waals surface area contributed by atoms with Crippen molar-refractivity contribution < 1.29 is 24.2 Å². The number of amides is 1. The zero-order valence-electron chi connectivity index (χ0n) is 29.3. The summed E-state index contributed by atoms with van der Waals surface area (Å²) in [5.74, 6) is 0.264. The number of likely N-dealkylation sites (tertiary alicyclic amines) is 1. The number of halogens is 2. The number of fused-ring (bicyclic) bond motifs is 1. The Labute approximate surface area is 313 Å². The fourth-order valence-corrected chi connectivity index (χ4v) is 8.33. The smallest absolute Gasteiger partial charge is 0.307 e. The third-order valence-corrected chi connectivity index (χ3v) is 11.2. The molecule has 0 unspecified atom stereocenters. The normalized spacial score (nSPS) is 19.8. The predicted octanol–water partition coefficient (Wildman–Crippen LogP) is 7.11. The summed E-state index contributed by atoms with van der Waals surface area (Å²) >= 11 is 14.1. The molecule has 12 heteroatoms. The second kappa shape index (κ2) is 15.7. The quantitative estimate of drug-likeness (QED) is 0.113. The Morgan fingerprint density at radius 2 is 1.79 bits per heavy atom. The largest absolute Gasteiger partial charge is 0.496 e. The molecule has 4 aromatic rings. The molecule has 0 spiro atoms. The zero-order valence-corrected chi connectivity index (χ0v) is 30.8. The molecule has 52 heavy (non-hydrogen) atoms. The van der Waals surface area contributed by atoms with Gasteiger partial charge in [0, 0.05) is 67.0 Å². The van der Waals surface area contributed by atoms with E-state index in [1.54, 1.807) is 14.2 Å². The van der Waals surface area contributed by atoms with Crippen LogP contribution in [0.1, 0.15) is 54.0 Å². The lowest BCUT2D eigenvalue weighted by molar-refractivity contribution is -0.141. The lowest BCUT2D eigenvalue weighted by Gasteiger charge is -2.21. The van der Waals surface area contributed by atoms with Gasteiger partial charge in [-0.1, -0.05) is 65.7 Å². The van der Waals surface area contributed by atoms with Crippen LogP contribution in [-0.4, -0.2) is 66.8 Å². The predicted molar refractivity (Wildman–Crippen MR) is 203 cm³/mol. The van der Waals surface area contributed by atoms with Crippen molar-refractivity contribution >= 4 is 40.8 Å². The van der Waals surface area contributed by atoms with Gasteiger partial charge in [0.05, 0.1) is 47.6 Å². The second-order valence-electron chi connectivity index (χ2n) is 13.8. The van der Waals surface area contributed by atoms with Crippen molar-refractivity contribution in [2.24, 2.45) is 5.92 Å². The summed E-state index contributed by atoms with van der Waals surface area (Å²) in [5, 5.41) is 20.7. The average Bonchev–Trinajstić information content (AvgIpc) is 3.90. The summed E-state index contributed by atoms with van der Waals surface area (Å²) in [4.78, 5) is 30.0. The van der Waals surface area contributed by atoms with Gasteiger partial charge in [-0.2, -0.15) is 0 Å². The summed E-state index contributed by atoms with van der Waals surface area (Å²) in [7, 11) is 3.26. The molecule has 1 aliphatic carbocycles. The Balaban J connectivity index is 1.08. The Hall–Kier alpha value is -4.35. The van der Waals surface area contributed by atoms with Crippen molar-refractivity contribution in [3.63, 3.8) is 0 Å². The number of hydrogen-bond acceptors (Lipinski definition) is 8. The van der Waals surface area contributed by atoms with E-state index in [0.717, 1.165) is 70.8 Å². The summed E-state index contributed by atoms with van der Waals surface area (Å²) in [5.41, 5.74) is 8.66. The number of rotatable bonds is 13. The number of carbonyl (C=O) groups excluding carboxylic acids is 1. The number of aromatic nitrogens is 1. The minimum absolute atomic E-state index is 0.0388. The highest BCUT2D eigenvalue weighted by Gasteiger charge is 2.30. The zero-order chi connectivity index (χ0) is 36.4. The van der Waals surface area contributed by atoms with Crippen molar-refractivity contribution in [1.82, 2.24) is 20.5 Å². The van der Waals surface area contributed by atoms with Gasteiger partial charge in [0.2, 0.25) is 11.8 Å². The van der Waals surface area contributed by atoms with E-state index in [4.69, 9.17) is 37.7 Å². The van der Waals surface area contributed by atoms with Gasteiger partial charge in [0.15, 0.2) is 0 Å². The Morgan fingerprint density at radius 1 is 0.981 bits per heavy atom. The molecule has 2 fully saturated rings. The minimum atomic E-state index is -0.747. The van der Waals surface area contributed by atoms with Gasteiger partial charge in [-0.25, -0.2) is 4.98 Å². The molecule has 4 N–H and O–H groups in total. The first kappa shape index (κ1) is 36.0. The summed E-state index contributed by atoms with van der Waals surface area (Å²) in [6.45, 7) is 3.08. The van der Waals surface area contributed by atoms with Crippen LogP contribution in [0.15, 0.2) is 60.7 Å². The highest BCUT2D eigenvalue weighted by atomic mass is 35.5. The highest BCUT2D eigenvalue weighted by Crippen LogP contribution is 2.44. The number of hydrogen-bond donors (Lipinski definition) is 4. The van der Waals surface area contributed by atoms with Crippen molar-refractivity contribution in [1.29, 1.82) is 0 Å². The molecule has 3 atom stereocenters. The van der Waals surface area contributed by atoms with Gasteiger partial charge in [-0.3, -0.25) is 14.5 Å². The van der Waals surface area contributed by atoms with Crippen LogP contribution < -0.4 is 25.4 Å². The molecular weight excluding hydrogens is 701 g/mol. The van der Waals surface area contributed by atoms with Crippen LogP contribution in [0.2, 0.25) is 10.0 Å². The number of nitrogens with one attached hydrogen (secondary N) is 3. The van der Waals surface area contributed by atoms with Crippen molar-refractivity contribution in [2.45, 2.75) is 57.3 Å². The maximum absolute atomic E-state index is 11.5. The van der Waals surface area contributed by atoms with Gasteiger partial charge in [0.25, 0.3) is 0 Å². The van der Waals surface area contributed by atoms with E-state index in [1.165, 1.54) is 11.1 Å². The van der Waals surface area contributed by atoms with E-state index in [9.17, 15) is 14.7 Å². The molecule has 0 bridgehead atoms. The number of methoxy groups -OCH3 is 2. The maximum Gasteiger partial charge on any atom is 0.307 e. The third-order valence-electron chi connectivity index (χ3n) is 10.5. The van der Waals surface area contributed by atoms with E-state index >= 15 is 0 Å². The number of nitrogens with zero attached hydrogens (tertiary/aromatic N) is 2. The van der Waals surface area contributed by atoms with Crippen LogP contribution in [0.25, 0.3) is 22.4 Å². The molecule has 0 radical (unpaired) electrons. The van der Waals surface area contributed by atoms with Crippen LogP contribution >= 0.6 is 23.2 Å². The molecule has 3 aliphatic rings. The van der Waals surface area contributed by atoms with Crippen LogP contribution in [-0.2, 0) is 29.1 Å². The van der Waals surface area contributed by atoms with Gasteiger partial charge >= 0.3 is 5.97 Å². The molecule has 3 aromatic carbocycles. The first-order valence-electron chi connectivity index (χ1n) is 17.8. The Kier molecular flexibility index (Phi) is 10.9. The number of pyridine rings is 1. The topological polar surface area (TPSA) is 125 Å². The number of benzene rings is 3. The monoisotopic (exact) mass is 743 g/mol. The number of ether oxygens (including phenoxy) is 2. The molecule has 10 nitrogen and oxygen atoms in total. The summed E-state index contributed by atoms with van der Waals surface area (Å²) in [6.07, 6.45) is 3.82. The van der Waals surface area contributed by atoms with Gasteiger partial charge in [0.1, 0.15) is 5.75 Å². The number of aliphatic carboxylic acids is 1. The van der Waals surface area contributed by atoms with Crippen LogP contribution in [0.5, 0.6) is 11.6 Å². The molecule has 3 heterocycles. The van der Waals surface area contributed by atoms with E-state index in [1.807, 2.05) is 36.4 Å². The van der Waals surface area contributed by atoms with Gasteiger partial charge in [-0.15, -0.1) is 0 Å². The molecular formula is C40H43Cl2N5O5. The lowest BCUT2D eigenvalue weighted by atomic mass is 9.94. The molecule has 1 amide bonds. The van der Waals surface area contributed by atoms with E-state index in [-0.39, 0.29) is 23.9 Å². The van der Waals surface area contributed by atoms with E-state index < -0.39 is 5.97 Å². The van der Waals surface area contributed by atoms with Crippen LogP contribution in [0.3, 0.4) is 0 Å². The first-order chi connectivity index (χ1) is 25.2. The molecule has 1 aromatic heterocycles. The van der Waals surface area contributed by atoms with Crippen LogP contribution in [0, 0.1) is 5.92 Å². The number of carboxylic acids is 1. The molecule has 2 aliphatic heterocycles. The fraction of sp³-hybridized carbons (Fsp3) is 0.375. The van der Waals surface area contributed by atoms with Gasteiger partial charge in [-0.05, 0) is 61.1 Å². The molecule has 7 rings (SSSR count). The lowest BCUT2D eigenvalue weighted by Crippen LogP contribution is -2.35. The molecule has 0 saturated carbocycles. The Morgan fingerprint density at radius 3 is 2.54 bits per heavy atom. The highest BCUT2D eigenvalue weighted by molar-refractivity contribution is 6.36. The van der Waals surface area contributed by atoms with Gasteiger partial charge < -0.3 is 30.5 Å². The van der Waals surface area contributed by atoms with Crippen molar-refractivity contribution in [3.8, 4) is 34.0 Å². The maximum atomic E-state index is 11.5. The van der Waals surface area contributed by atoms with Crippen LogP contribution in [0.4, 0.5) is 5.69 Å². The first-order valence-corrected chi connectivity index (χ1v) is 18.5. The third kappa shape index (κ3) is 7.57. The molecule has 2 saturated heterocycles. The summed E-state index contributed by atoms with van der Waals surface area (Å²) < 4.78 is 11.5. The second-order valence-corrected chi connectivity index (χ2v) is 14.6. The number of anilines is 1. The minimum Gasteiger partial charge on any atom is -0.496 e. The average molecular weight is 745 g/mol. The van der Waals surface area contributed by atoms with E-state index in [2.05, 4.69) is 45.1 Å². The number of carbonyl (C=O) groups is 2. The van der Waals surface area contributed by atoms with E-state index in [0.29, 0.717) is 54.9 Å².